The number of benzene rings is 2. The predicted octanol–water partition coefficient (Wildman–Crippen LogP) is 3.95. The molecule has 31 heavy (non-hydrogen) atoms. The van der Waals surface area contributed by atoms with E-state index >= 15 is 0 Å². The predicted molar refractivity (Wildman–Crippen MR) is 120 cm³/mol. The Labute approximate surface area is 188 Å². The van der Waals surface area contributed by atoms with Crippen LogP contribution in [0.1, 0.15) is 54.2 Å². The number of amides is 1. The van der Waals surface area contributed by atoms with Crippen LogP contribution in [0.5, 0.6) is 0 Å². The van der Waals surface area contributed by atoms with Crippen molar-refractivity contribution in [2.24, 2.45) is 0 Å². The third-order valence-corrected chi connectivity index (χ3v) is 8.19. The second-order valence-electron chi connectivity index (χ2n) is 8.34. The minimum absolute atomic E-state index is 0.0489. The summed E-state index contributed by atoms with van der Waals surface area (Å²) in [5.74, 6) is -0.307. The van der Waals surface area contributed by atoms with E-state index in [1.54, 1.807) is 6.07 Å². The number of nitrogens with zero attached hydrogens (tertiary/aromatic N) is 1. The Balaban J connectivity index is 1.59. The number of hydrogen-bond acceptors (Lipinski definition) is 4. The van der Waals surface area contributed by atoms with Crippen LogP contribution in [0.25, 0.3) is 0 Å². The minimum atomic E-state index is -3.85. The fourth-order valence-electron chi connectivity index (χ4n) is 4.45. The molecule has 166 valence electrons. The van der Waals surface area contributed by atoms with E-state index in [9.17, 15) is 13.2 Å². The Hall–Kier alpha value is -1.93. The Morgan fingerprint density at radius 1 is 1.13 bits per heavy atom. The third kappa shape index (κ3) is 4.65. The first-order valence-electron chi connectivity index (χ1n) is 10.6. The lowest BCUT2D eigenvalue weighted by molar-refractivity contribution is -0.0440. The van der Waals surface area contributed by atoms with Gasteiger partial charge < -0.3 is 10.1 Å². The molecule has 0 spiro atoms. The first kappa shape index (κ1) is 22.3. The van der Waals surface area contributed by atoms with Crippen LogP contribution < -0.4 is 5.32 Å². The molecule has 1 fully saturated rings. The first-order chi connectivity index (χ1) is 14.8. The molecule has 0 saturated carbocycles. The molecule has 1 aliphatic heterocycles. The lowest BCUT2D eigenvalue weighted by atomic mass is 9.87. The molecule has 1 amide bonds. The standard InChI is InChI=1S/C23H27ClN2O4S/c1-15-13-26(14-16(2)30-15)31(28,29)22-12-18(10-11-20(22)24)23(27)25-21-9-5-7-17-6-3-4-8-19(17)21/h3-4,6,8,10-12,15-16,21H,5,7,9,13-14H2,1-2H3,(H,25,27)/t15-,16+,21-/m1/s1. The largest absolute Gasteiger partial charge is 0.373 e. The van der Waals surface area contributed by atoms with E-state index in [0.29, 0.717) is 0 Å². The van der Waals surface area contributed by atoms with Crippen molar-refractivity contribution in [3.63, 3.8) is 0 Å². The van der Waals surface area contributed by atoms with E-state index in [0.717, 1.165) is 24.8 Å². The average molecular weight is 463 g/mol. The number of ether oxygens (including phenoxy) is 1. The van der Waals surface area contributed by atoms with Gasteiger partial charge in [0, 0.05) is 18.7 Å². The van der Waals surface area contributed by atoms with Gasteiger partial charge in [-0.1, -0.05) is 35.9 Å². The van der Waals surface area contributed by atoms with Crippen molar-refractivity contribution < 1.29 is 17.9 Å². The number of carbonyl (C=O) groups excluding carboxylic acids is 1. The zero-order valence-corrected chi connectivity index (χ0v) is 19.2. The van der Waals surface area contributed by atoms with E-state index < -0.39 is 10.0 Å². The normalized spacial score (nSPS) is 24.4. The Bertz CT molecular complexity index is 1080. The summed E-state index contributed by atoms with van der Waals surface area (Å²) in [6.07, 6.45) is 2.42. The molecule has 6 nitrogen and oxygen atoms in total. The quantitative estimate of drug-likeness (QED) is 0.746. The third-order valence-electron chi connectivity index (χ3n) is 5.87. The van der Waals surface area contributed by atoms with Crippen molar-refractivity contribution >= 4 is 27.5 Å². The van der Waals surface area contributed by atoms with E-state index in [4.69, 9.17) is 16.3 Å². The molecule has 2 aromatic rings. The second kappa shape index (κ2) is 8.90. The van der Waals surface area contributed by atoms with Crippen LogP contribution in [0.15, 0.2) is 47.4 Å². The maximum Gasteiger partial charge on any atom is 0.251 e. The van der Waals surface area contributed by atoms with E-state index in [1.165, 1.54) is 22.0 Å². The van der Waals surface area contributed by atoms with Crippen LogP contribution >= 0.6 is 11.6 Å². The highest BCUT2D eigenvalue weighted by Gasteiger charge is 2.34. The van der Waals surface area contributed by atoms with Crippen molar-refractivity contribution in [3.8, 4) is 0 Å². The lowest BCUT2D eigenvalue weighted by Crippen LogP contribution is -2.48. The summed E-state index contributed by atoms with van der Waals surface area (Å²) < 4.78 is 33.6. The minimum Gasteiger partial charge on any atom is -0.373 e. The number of halogens is 1. The summed E-state index contributed by atoms with van der Waals surface area (Å²) in [5.41, 5.74) is 2.65. The second-order valence-corrected chi connectivity index (χ2v) is 10.7. The number of morpholine rings is 1. The molecular formula is C23H27ClN2O4S. The summed E-state index contributed by atoms with van der Waals surface area (Å²) in [6.45, 7) is 4.17. The highest BCUT2D eigenvalue weighted by Crippen LogP contribution is 2.31. The van der Waals surface area contributed by atoms with Gasteiger partial charge in [0.15, 0.2) is 0 Å². The summed E-state index contributed by atoms with van der Waals surface area (Å²) in [7, 11) is -3.85. The Morgan fingerprint density at radius 2 is 1.84 bits per heavy atom. The van der Waals surface area contributed by atoms with Gasteiger partial charge in [0.2, 0.25) is 10.0 Å². The Kier molecular flexibility index (Phi) is 6.40. The molecule has 4 rings (SSSR count). The number of fused-ring (bicyclic) bond motifs is 1. The van der Waals surface area contributed by atoms with Crippen LogP contribution in [0.2, 0.25) is 5.02 Å². The van der Waals surface area contributed by atoms with Gasteiger partial charge in [0.25, 0.3) is 5.91 Å². The Morgan fingerprint density at radius 3 is 2.58 bits per heavy atom. The van der Waals surface area contributed by atoms with E-state index in [1.807, 2.05) is 32.0 Å². The number of aryl methyl sites for hydroxylation is 1. The summed E-state index contributed by atoms with van der Waals surface area (Å²) in [4.78, 5) is 13.0. The molecule has 1 N–H and O–H groups in total. The van der Waals surface area contributed by atoms with Crippen molar-refractivity contribution in [2.45, 2.75) is 56.3 Å². The van der Waals surface area contributed by atoms with Crippen LogP contribution in [0.4, 0.5) is 0 Å². The molecule has 0 bridgehead atoms. The molecule has 3 atom stereocenters. The summed E-state index contributed by atoms with van der Waals surface area (Å²) in [6, 6.07) is 12.4. The van der Waals surface area contributed by atoms with Crippen molar-refractivity contribution in [3.05, 3.63) is 64.2 Å². The smallest absolute Gasteiger partial charge is 0.251 e. The van der Waals surface area contributed by atoms with Gasteiger partial charge in [-0.05, 0) is 62.4 Å². The fourth-order valence-corrected chi connectivity index (χ4v) is 6.54. The van der Waals surface area contributed by atoms with Crippen LogP contribution in [-0.2, 0) is 21.2 Å². The number of carbonyl (C=O) groups is 1. The van der Waals surface area contributed by atoms with Crippen molar-refractivity contribution in [1.29, 1.82) is 0 Å². The maximum atomic E-state index is 13.3. The number of sulfonamides is 1. The van der Waals surface area contributed by atoms with Crippen LogP contribution in [-0.4, -0.2) is 43.9 Å². The molecule has 0 unspecified atom stereocenters. The van der Waals surface area contributed by atoms with Crippen molar-refractivity contribution in [2.75, 3.05) is 13.1 Å². The average Bonchev–Trinajstić information content (AvgIpc) is 2.73. The molecule has 1 heterocycles. The SMILES string of the molecule is C[C@@H]1CN(S(=O)(=O)c2cc(C(=O)N[C@@H]3CCCc4ccccc43)ccc2Cl)C[C@H](C)O1. The molecule has 1 aliphatic carbocycles. The van der Waals surface area contributed by atoms with Gasteiger partial charge in [-0.25, -0.2) is 8.42 Å². The lowest BCUT2D eigenvalue weighted by Gasteiger charge is -2.34. The topological polar surface area (TPSA) is 75.7 Å². The molecule has 0 aromatic heterocycles. The van der Waals surface area contributed by atoms with E-state index in [2.05, 4.69) is 11.4 Å². The highest BCUT2D eigenvalue weighted by molar-refractivity contribution is 7.89. The van der Waals surface area contributed by atoms with Gasteiger partial charge in [0.1, 0.15) is 4.90 Å². The summed E-state index contributed by atoms with van der Waals surface area (Å²) >= 11 is 6.27. The fraction of sp³-hybridized carbons (Fsp3) is 0.435. The highest BCUT2D eigenvalue weighted by atomic mass is 35.5. The number of hydrogen-bond donors (Lipinski definition) is 1. The zero-order valence-electron chi connectivity index (χ0n) is 17.7. The molecule has 8 heteroatoms. The molecule has 2 aliphatic rings. The van der Waals surface area contributed by atoms with Crippen LogP contribution in [0, 0.1) is 0 Å². The number of nitrogens with one attached hydrogen (secondary N) is 1. The first-order valence-corrected chi connectivity index (χ1v) is 12.4. The van der Waals surface area contributed by atoms with Gasteiger partial charge in [-0.2, -0.15) is 4.31 Å². The van der Waals surface area contributed by atoms with Crippen molar-refractivity contribution in [1.82, 2.24) is 9.62 Å². The molecule has 0 radical (unpaired) electrons. The van der Waals surface area contributed by atoms with Gasteiger partial charge in [-0.3, -0.25) is 4.79 Å². The van der Waals surface area contributed by atoms with E-state index in [-0.39, 0.29) is 52.7 Å². The zero-order chi connectivity index (χ0) is 22.2. The molecule has 2 aromatic carbocycles. The monoisotopic (exact) mass is 462 g/mol. The van der Waals surface area contributed by atoms with Gasteiger partial charge in [-0.15, -0.1) is 0 Å². The van der Waals surface area contributed by atoms with Gasteiger partial charge in [0.05, 0.1) is 23.3 Å². The maximum absolute atomic E-state index is 13.3. The molecular weight excluding hydrogens is 436 g/mol. The summed E-state index contributed by atoms with van der Waals surface area (Å²) in [5, 5.41) is 3.18. The van der Waals surface area contributed by atoms with Gasteiger partial charge >= 0.3 is 0 Å². The molecule has 1 saturated heterocycles. The van der Waals surface area contributed by atoms with Crippen LogP contribution in [0.3, 0.4) is 0 Å². The number of rotatable bonds is 4.